The molecule has 108 valence electrons. The van der Waals surface area contributed by atoms with Gasteiger partial charge in [-0.25, -0.2) is 0 Å². The van der Waals surface area contributed by atoms with Crippen LogP contribution in [0.15, 0.2) is 48.5 Å². The van der Waals surface area contributed by atoms with Crippen LogP contribution in [0, 0.1) is 0 Å². The summed E-state index contributed by atoms with van der Waals surface area (Å²) in [4.78, 5) is 14.7. The molecule has 0 spiro atoms. The van der Waals surface area contributed by atoms with Gasteiger partial charge < -0.3 is 9.64 Å². The van der Waals surface area contributed by atoms with Crippen LogP contribution < -0.4 is 4.90 Å². The predicted octanol–water partition coefficient (Wildman–Crippen LogP) is 3.43. The summed E-state index contributed by atoms with van der Waals surface area (Å²) in [6.45, 7) is 1.31. The van der Waals surface area contributed by atoms with Gasteiger partial charge in [-0.15, -0.1) is 0 Å². The number of anilines is 1. The van der Waals surface area contributed by atoms with Crippen molar-refractivity contribution in [3.05, 3.63) is 65.2 Å². The Labute approximate surface area is 125 Å². The molecule has 0 radical (unpaired) electrons. The third-order valence-electron chi connectivity index (χ3n) is 3.84. The number of nitrogens with zero attached hydrogens (tertiary/aromatic N) is 1. The Kier molecular flexibility index (Phi) is 4.02. The number of carbonyl (C=O) groups is 1. The topological polar surface area (TPSA) is 29.5 Å². The van der Waals surface area contributed by atoms with E-state index in [0.717, 1.165) is 36.2 Å². The van der Waals surface area contributed by atoms with Gasteiger partial charge in [0.1, 0.15) is 0 Å². The molecule has 3 rings (SSSR count). The average Bonchev–Trinajstić information content (AvgIpc) is 2.54. The summed E-state index contributed by atoms with van der Waals surface area (Å²) in [5.41, 5.74) is 4.05. The Morgan fingerprint density at radius 1 is 1.19 bits per heavy atom. The molecule has 1 amide bonds. The number of ether oxygens (including phenoxy) is 1. The van der Waals surface area contributed by atoms with E-state index < -0.39 is 0 Å². The minimum absolute atomic E-state index is 0.0695. The number of para-hydroxylation sites is 1. The third kappa shape index (κ3) is 2.83. The second kappa shape index (κ2) is 6.10. The van der Waals surface area contributed by atoms with Gasteiger partial charge in [0.2, 0.25) is 0 Å². The summed E-state index contributed by atoms with van der Waals surface area (Å²) in [5.74, 6) is 0.0695. The number of benzene rings is 2. The van der Waals surface area contributed by atoms with E-state index in [9.17, 15) is 4.79 Å². The van der Waals surface area contributed by atoms with Crippen molar-refractivity contribution in [2.24, 2.45) is 0 Å². The van der Waals surface area contributed by atoms with Crippen molar-refractivity contribution in [1.29, 1.82) is 0 Å². The maximum atomic E-state index is 12.8. The monoisotopic (exact) mass is 281 g/mol. The summed E-state index contributed by atoms with van der Waals surface area (Å²) < 4.78 is 5.14. The number of hydrogen-bond acceptors (Lipinski definition) is 2. The van der Waals surface area contributed by atoms with Crippen LogP contribution in [-0.4, -0.2) is 19.6 Å². The van der Waals surface area contributed by atoms with Crippen molar-refractivity contribution in [3.8, 4) is 0 Å². The number of carbonyl (C=O) groups excluding carboxylic acids is 1. The first-order valence-corrected chi connectivity index (χ1v) is 7.27. The van der Waals surface area contributed by atoms with Gasteiger partial charge in [-0.1, -0.05) is 30.3 Å². The summed E-state index contributed by atoms with van der Waals surface area (Å²) >= 11 is 0. The highest BCUT2D eigenvalue weighted by Gasteiger charge is 2.23. The molecule has 1 heterocycles. The minimum atomic E-state index is 0.0695. The molecule has 1 aliphatic heterocycles. The van der Waals surface area contributed by atoms with Crippen LogP contribution in [0.3, 0.4) is 0 Å². The van der Waals surface area contributed by atoms with Gasteiger partial charge in [-0.3, -0.25) is 4.79 Å². The molecule has 0 unspecified atom stereocenters. The fourth-order valence-electron chi connectivity index (χ4n) is 2.86. The summed E-state index contributed by atoms with van der Waals surface area (Å²) in [6.07, 6.45) is 2.06. The van der Waals surface area contributed by atoms with Crippen LogP contribution in [-0.2, 0) is 17.8 Å². The van der Waals surface area contributed by atoms with Crippen LogP contribution >= 0.6 is 0 Å². The number of amides is 1. The highest BCUT2D eigenvalue weighted by atomic mass is 16.5. The Hall–Kier alpha value is -2.13. The molecule has 0 aromatic heterocycles. The fourth-order valence-corrected chi connectivity index (χ4v) is 2.86. The van der Waals surface area contributed by atoms with E-state index in [0.29, 0.717) is 6.61 Å². The zero-order valence-corrected chi connectivity index (χ0v) is 12.2. The fraction of sp³-hybridized carbons (Fsp3) is 0.278. The molecule has 3 heteroatoms. The smallest absolute Gasteiger partial charge is 0.258 e. The SMILES string of the molecule is COCc1cccc(C(=O)N2CCCc3ccccc32)c1. The number of fused-ring (bicyclic) bond motifs is 1. The molecule has 0 fully saturated rings. The maximum absolute atomic E-state index is 12.8. The molecule has 1 aliphatic rings. The quantitative estimate of drug-likeness (QED) is 0.862. The highest BCUT2D eigenvalue weighted by molar-refractivity contribution is 6.06. The zero-order valence-electron chi connectivity index (χ0n) is 12.2. The van der Waals surface area contributed by atoms with E-state index in [1.165, 1.54) is 5.56 Å². The minimum Gasteiger partial charge on any atom is -0.380 e. The molecule has 0 atom stereocenters. The predicted molar refractivity (Wildman–Crippen MR) is 83.6 cm³/mol. The standard InChI is InChI=1S/C18H19NO2/c1-21-13-14-6-4-8-16(12-14)18(20)19-11-5-9-15-7-2-3-10-17(15)19/h2-4,6-8,10,12H,5,9,11,13H2,1H3. The summed E-state index contributed by atoms with van der Waals surface area (Å²) in [6, 6.07) is 15.9. The lowest BCUT2D eigenvalue weighted by atomic mass is 10.0. The first kappa shape index (κ1) is 13.8. The molecule has 2 aromatic rings. The van der Waals surface area contributed by atoms with Crippen LogP contribution in [0.5, 0.6) is 0 Å². The van der Waals surface area contributed by atoms with Crippen LogP contribution in [0.2, 0.25) is 0 Å². The van der Waals surface area contributed by atoms with Gasteiger partial charge >= 0.3 is 0 Å². The molecule has 0 saturated heterocycles. The summed E-state index contributed by atoms with van der Waals surface area (Å²) in [5, 5.41) is 0. The molecule has 0 aliphatic carbocycles. The normalized spacial score (nSPS) is 13.9. The van der Waals surface area contributed by atoms with E-state index in [-0.39, 0.29) is 5.91 Å². The Morgan fingerprint density at radius 2 is 2.05 bits per heavy atom. The maximum Gasteiger partial charge on any atom is 0.258 e. The second-order valence-electron chi connectivity index (χ2n) is 5.32. The van der Waals surface area contributed by atoms with Crippen molar-refractivity contribution < 1.29 is 9.53 Å². The number of rotatable bonds is 3. The Bertz CT molecular complexity index is 651. The number of methoxy groups -OCH3 is 1. The van der Waals surface area contributed by atoms with Gasteiger partial charge in [0.25, 0.3) is 5.91 Å². The van der Waals surface area contributed by atoms with Crippen molar-refractivity contribution in [1.82, 2.24) is 0 Å². The molecular weight excluding hydrogens is 262 g/mol. The third-order valence-corrected chi connectivity index (χ3v) is 3.84. The van der Waals surface area contributed by atoms with Gasteiger partial charge in [-0.2, -0.15) is 0 Å². The number of hydrogen-bond donors (Lipinski definition) is 0. The van der Waals surface area contributed by atoms with Gasteiger partial charge in [0, 0.05) is 24.9 Å². The first-order valence-electron chi connectivity index (χ1n) is 7.27. The summed E-state index contributed by atoms with van der Waals surface area (Å²) in [7, 11) is 1.66. The lowest BCUT2D eigenvalue weighted by Crippen LogP contribution is -2.35. The van der Waals surface area contributed by atoms with Gasteiger partial charge in [-0.05, 0) is 42.2 Å². The second-order valence-corrected chi connectivity index (χ2v) is 5.32. The highest BCUT2D eigenvalue weighted by Crippen LogP contribution is 2.28. The van der Waals surface area contributed by atoms with E-state index >= 15 is 0 Å². The lowest BCUT2D eigenvalue weighted by molar-refractivity contribution is 0.0985. The molecule has 0 bridgehead atoms. The average molecular weight is 281 g/mol. The molecule has 2 aromatic carbocycles. The van der Waals surface area contributed by atoms with E-state index in [2.05, 4.69) is 6.07 Å². The zero-order chi connectivity index (χ0) is 14.7. The van der Waals surface area contributed by atoms with Crippen molar-refractivity contribution in [2.45, 2.75) is 19.4 Å². The Balaban J connectivity index is 1.91. The van der Waals surface area contributed by atoms with Crippen molar-refractivity contribution in [2.75, 3.05) is 18.6 Å². The van der Waals surface area contributed by atoms with Gasteiger partial charge in [0.05, 0.1) is 6.61 Å². The van der Waals surface area contributed by atoms with E-state index in [1.807, 2.05) is 47.4 Å². The van der Waals surface area contributed by atoms with Crippen molar-refractivity contribution in [3.63, 3.8) is 0 Å². The van der Waals surface area contributed by atoms with Crippen LogP contribution in [0.25, 0.3) is 0 Å². The molecule has 3 nitrogen and oxygen atoms in total. The van der Waals surface area contributed by atoms with Crippen LogP contribution in [0.4, 0.5) is 5.69 Å². The molecule has 21 heavy (non-hydrogen) atoms. The Morgan fingerprint density at radius 3 is 2.90 bits per heavy atom. The molecule has 0 N–H and O–H groups in total. The largest absolute Gasteiger partial charge is 0.380 e. The lowest BCUT2D eigenvalue weighted by Gasteiger charge is -2.29. The number of aryl methyl sites for hydroxylation is 1. The van der Waals surface area contributed by atoms with Gasteiger partial charge in [0.15, 0.2) is 0 Å². The first-order chi connectivity index (χ1) is 10.3. The molecular formula is C18H19NO2. The van der Waals surface area contributed by atoms with Crippen molar-refractivity contribution >= 4 is 11.6 Å². The van der Waals surface area contributed by atoms with Crippen LogP contribution in [0.1, 0.15) is 27.9 Å². The molecule has 0 saturated carbocycles. The van der Waals surface area contributed by atoms with E-state index in [4.69, 9.17) is 4.74 Å². The van der Waals surface area contributed by atoms with E-state index in [1.54, 1.807) is 7.11 Å².